The number of amides is 2. The maximum atomic E-state index is 12.2. The quantitative estimate of drug-likeness (QED) is 0.477. The Labute approximate surface area is 141 Å². The maximum absolute atomic E-state index is 12.2. The van der Waals surface area contributed by atoms with Crippen molar-refractivity contribution in [2.45, 2.75) is 19.8 Å². The molecule has 130 valence electrons. The third kappa shape index (κ3) is 4.79. The van der Waals surface area contributed by atoms with E-state index in [1.165, 1.54) is 4.90 Å². The number of nitrogens with zero attached hydrogens (tertiary/aromatic N) is 1. The van der Waals surface area contributed by atoms with Crippen LogP contribution in [0.1, 0.15) is 30.1 Å². The molecule has 1 saturated heterocycles. The van der Waals surface area contributed by atoms with Gasteiger partial charge in [0.25, 0.3) is 0 Å². The molecule has 2 amide bonds. The number of anilines is 1. The monoisotopic (exact) mass is 333 g/mol. The van der Waals surface area contributed by atoms with E-state index >= 15 is 0 Å². The van der Waals surface area contributed by atoms with Gasteiger partial charge >= 0.3 is 17.8 Å². The molecule has 0 atom stereocenters. The van der Waals surface area contributed by atoms with Crippen molar-refractivity contribution >= 4 is 23.5 Å². The molecule has 0 saturated carbocycles. The fraction of sp³-hybridized carbons (Fsp3) is 0.471. The summed E-state index contributed by atoms with van der Waals surface area (Å²) in [5.74, 6) is -1.84. The number of rotatable bonds is 5. The molecule has 1 aliphatic rings. The molecule has 2 rings (SSSR count). The van der Waals surface area contributed by atoms with Crippen molar-refractivity contribution in [3.05, 3.63) is 29.8 Å². The number of esters is 1. The zero-order chi connectivity index (χ0) is 17.4. The minimum absolute atomic E-state index is 0.245. The number of unbranched alkanes of at least 4 members (excludes halogenated alkanes) is 1. The average molecular weight is 333 g/mol. The maximum Gasteiger partial charge on any atom is 0.340 e. The smallest absolute Gasteiger partial charge is 0.340 e. The summed E-state index contributed by atoms with van der Waals surface area (Å²) in [6.07, 6.45) is 1.70. The van der Waals surface area contributed by atoms with Crippen LogP contribution in [-0.2, 0) is 14.3 Å². The Morgan fingerprint density at radius 1 is 1.21 bits per heavy atom. The van der Waals surface area contributed by atoms with Crippen molar-refractivity contribution in [3.8, 4) is 0 Å². The molecular weight excluding hydrogens is 310 g/mol. The second-order valence-corrected chi connectivity index (χ2v) is 5.53. The molecule has 24 heavy (non-hydrogen) atoms. The Morgan fingerprint density at radius 2 is 1.92 bits per heavy atom. The number of ether oxygens (including phenoxy) is 1. The van der Waals surface area contributed by atoms with Crippen LogP contribution < -0.4 is 10.6 Å². The third-order valence-electron chi connectivity index (χ3n) is 3.72. The van der Waals surface area contributed by atoms with Gasteiger partial charge < -0.3 is 20.3 Å². The topological polar surface area (TPSA) is 87.7 Å². The van der Waals surface area contributed by atoms with E-state index in [0.717, 1.165) is 12.8 Å². The molecule has 0 aliphatic carbocycles. The van der Waals surface area contributed by atoms with Crippen LogP contribution in [0.5, 0.6) is 0 Å². The van der Waals surface area contributed by atoms with Gasteiger partial charge in [-0.1, -0.05) is 25.5 Å². The Balaban J connectivity index is 2.02. The standard InChI is InChI=1S/C17H23N3O4/c1-2-3-12-24-17(23)13-6-4-5-7-14(13)19-15(21)16(22)20-10-8-18-9-11-20/h4-7,18H,2-3,8-12H2,1H3,(H,19,21). The van der Waals surface area contributed by atoms with Crippen LogP contribution >= 0.6 is 0 Å². The van der Waals surface area contributed by atoms with Gasteiger partial charge in [-0.05, 0) is 18.6 Å². The molecule has 0 spiro atoms. The van der Waals surface area contributed by atoms with Crippen LogP contribution in [0, 0.1) is 0 Å². The molecule has 7 nitrogen and oxygen atoms in total. The van der Waals surface area contributed by atoms with Gasteiger partial charge in [0, 0.05) is 26.2 Å². The highest BCUT2D eigenvalue weighted by molar-refractivity contribution is 6.39. The fourth-order valence-corrected chi connectivity index (χ4v) is 2.34. The molecule has 2 N–H and O–H groups in total. The second kappa shape index (κ2) is 9.02. The lowest BCUT2D eigenvalue weighted by atomic mass is 10.1. The number of hydrogen-bond donors (Lipinski definition) is 2. The predicted molar refractivity (Wildman–Crippen MR) is 89.7 cm³/mol. The SMILES string of the molecule is CCCCOC(=O)c1ccccc1NC(=O)C(=O)N1CCNCC1. The number of para-hydroxylation sites is 1. The molecule has 1 heterocycles. The molecule has 1 aromatic rings. The van der Waals surface area contributed by atoms with Crippen LogP contribution in [-0.4, -0.2) is 55.5 Å². The minimum atomic E-state index is -0.745. The average Bonchev–Trinajstić information content (AvgIpc) is 2.62. The fourth-order valence-electron chi connectivity index (χ4n) is 2.34. The second-order valence-electron chi connectivity index (χ2n) is 5.53. The van der Waals surface area contributed by atoms with Crippen molar-refractivity contribution < 1.29 is 19.1 Å². The van der Waals surface area contributed by atoms with Crippen LogP contribution in [0.2, 0.25) is 0 Å². The summed E-state index contributed by atoms with van der Waals surface area (Å²) in [4.78, 5) is 37.9. The summed E-state index contributed by atoms with van der Waals surface area (Å²) in [6.45, 7) is 4.65. The van der Waals surface area contributed by atoms with E-state index in [2.05, 4.69) is 10.6 Å². The molecule has 0 unspecified atom stereocenters. The highest BCUT2D eigenvalue weighted by Crippen LogP contribution is 2.16. The summed E-state index contributed by atoms with van der Waals surface area (Å²) >= 11 is 0. The van der Waals surface area contributed by atoms with Gasteiger partial charge in [0.1, 0.15) is 0 Å². The molecular formula is C17H23N3O4. The zero-order valence-electron chi connectivity index (χ0n) is 13.8. The molecule has 0 radical (unpaired) electrons. The van der Waals surface area contributed by atoms with Gasteiger partial charge in [0.2, 0.25) is 0 Å². The van der Waals surface area contributed by atoms with Crippen molar-refractivity contribution in [1.29, 1.82) is 0 Å². The highest BCUT2D eigenvalue weighted by Gasteiger charge is 2.24. The molecule has 0 bridgehead atoms. The van der Waals surface area contributed by atoms with Crippen molar-refractivity contribution in [1.82, 2.24) is 10.2 Å². The van der Waals surface area contributed by atoms with Crippen molar-refractivity contribution in [2.75, 3.05) is 38.1 Å². The minimum Gasteiger partial charge on any atom is -0.462 e. The summed E-state index contributed by atoms with van der Waals surface area (Å²) in [5.41, 5.74) is 0.530. The van der Waals surface area contributed by atoms with Gasteiger partial charge in [-0.15, -0.1) is 0 Å². The zero-order valence-corrected chi connectivity index (χ0v) is 13.8. The predicted octanol–water partition coefficient (Wildman–Crippen LogP) is 1.01. The molecule has 1 aliphatic heterocycles. The van der Waals surface area contributed by atoms with Crippen LogP contribution in [0.15, 0.2) is 24.3 Å². The van der Waals surface area contributed by atoms with Crippen LogP contribution in [0.3, 0.4) is 0 Å². The number of hydrogen-bond acceptors (Lipinski definition) is 5. The summed E-state index contributed by atoms with van der Waals surface area (Å²) in [5, 5.41) is 5.65. The van der Waals surface area contributed by atoms with E-state index in [9.17, 15) is 14.4 Å². The lowest BCUT2D eigenvalue weighted by Gasteiger charge is -2.26. The Hall–Kier alpha value is -2.41. The van der Waals surface area contributed by atoms with Gasteiger partial charge in [-0.3, -0.25) is 9.59 Å². The Bertz CT molecular complexity index is 597. The van der Waals surface area contributed by atoms with Gasteiger partial charge in [-0.2, -0.15) is 0 Å². The van der Waals surface area contributed by atoms with E-state index in [1.54, 1.807) is 24.3 Å². The van der Waals surface area contributed by atoms with E-state index in [0.29, 0.717) is 32.8 Å². The van der Waals surface area contributed by atoms with E-state index in [-0.39, 0.29) is 11.3 Å². The van der Waals surface area contributed by atoms with Crippen LogP contribution in [0.25, 0.3) is 0 Å². The first-order valence-electron chi connectivity index (χ1n) is 8.20. The summed E-state index contributed by atoms with van der Waals surface area (Å²) in [6, 6.07) is 6.52. The third-order valence-corrected chi connectivity index (χ3v) is 3.72. The number of carbonyl (C=O) groups excluding carboxylic acids is 3. The van der Waals surface area contributed by atoms with Gasteiger partial charge in [0.05, 0.1) is 17.9 Å². The summed E-state index contributed by atoms with van der Waals surface area (Å²) in [7, 11) is 0. The van der Waals surface area contributed by atoms with E-state index in [4.69, 9.17) is 4.74 Å². The Morgan fingerprint density at radius 3 is 2.62 bits per heavy atom. The van der Waals surface area contributed by atoms with Crippen LogP contribution in [0.4, 0.5) is 5.69 Å². The molecule has 7 heteroatoms. The number of nitrogens with one attached hydrogen (secondary N) is 2. The number of benzene rings is 1. The van der Waals surface area contributed by atoms with E-state index < -0.39 is 17.8 Å². The lowest BCUT2D eigenvalue weighted by molar-refractivity contribution is -0.143. The van der Waals surface area contributed by atoms with Gasteiger partial charge in [0.15, 0.2) is 0 Å². The number of piperazine rings is 1. The normalized spacial score (nSPS) is 14.1. The van der Waals surface area contributed by atoms with Crippen molar-refractivity contribution in [2.24, 2.45) is 0 Å². The molecule has 1 fully saturated rings. The molecule has 0 aromatic heterocycles. The lowest BCUT2D eigenvalue weighted by Crippen LogP contribution is -2.50. The number of carbonyl (C=O) groups is 3. The summed E-state index contributed by atoms with van der Waals surface area (Å²) < 4.78 is 5.17. The largest absolute Gasteiger partial charge is 0.462 e. The van der Waals surface area contributed by atoms with Crippen molar-refractivity contribution in [3.63, 3.8) is 0 Å². The highest BCUT2D eigenvalue weighted by atomic mass is 16.5. The first-order valence-corrected chi connectivity index (χ1v) is 8.20. The Kier molecular flexibility index (Phi) is 6.74. The first-order chi connectivity index (χ1) is 11.6. The van der Waals surface area contributed by atoms with Gasteiger partial charge in [-0.25, -0.2) is 4.79 Å². The van der Waals surface area contributed by atoms with E-state index in [1.807, 2.05) is 6.92 Å². The first kappa shape index (κ1) is 17.9. The molecule has 1 aromatic carbocycles.